The first kappa shape index (κ1) is 23.3. The molecule has 0 N–H and O–H groups in total. The molecule has 3 aromatic carbocycles. The highest BCUT2D eigenvalue weighted by Gasteiger charge is 2.38. The van der Waals surface area contributed by atoms with Gasteiger partial charge in [-0.15, -0.1) is 13.2 Å². The molecule has 1 atom stereocenters. The van der Waals surface area contributed by atoms with E-state index in [1.165, 1.54) is 16.4 Å². The van der Waals surface area contributed by atoms with E-state index in [4.69, 9.17) is 4.74 Å². The lowest BCUT2D eigenvalue weighted by atomic mass is 10.0. The minimum absolute atomic E-state index is 0.000279. The van der Waals surface area contributed by atoms with Gasteiger partial charge in [0.2, 0.25) is 10.0 Å². The molecule has 0 fully saturated rings. The molecule has 1 heterocycles. The third-order valence-electron chi connectivity index (χ3n) is 5.40. The van der Waals surface area contributed by atoms with Crippen LogP contribution < -0.4 is 4.74 Å². The number of rotatable bonds is 5. The molecule has 0 spiro atoms. The van der Waals surface area contributed by atoms with Crippen LogP contribution in [-0.4, -0.2) is 31.7 Å². The van der Waals surface area contributed by atoms with E-state index in [9.17, 15) is 21.6 Å². The summed E-state index contributed by atoms with van der Waals surface area (Å²) >= 11 is 0. The van der Waals surface area contributed by atoms with Crippen molar-refractivity contribution in [2.45, 2.75) is 36.9 Å². The summed E-state index contributed by atoms with van der Waals surface area (Å²) in [7, 11) is -4.39. The van der Waals surface area contributed by atoms with Crippen molar-refractivity contribution < 1.29 is 31.1 Å². The minimum Gasteiger partial charge on any atom is -0.404 e. The molecule has 4 rings (SSSR count). The van der Waals surface area contributed by atoms with E-state index in [-0.39, 0.29) is 13.2 Å². The standard InChI is InChI=1S/C24H22F3NO4S/c25-24(26,27)32-22-12-6-7-13-23(22)33(29,30)28-15-19-10-4-5-11-20(19)16-31-17-21(28)14-18-8-2-1-3-9-18/h1-13,21H,14-17H2/t21-/m1/s1. The second-order valence-electron chi connectivity index (χ2n) is 7.67. The molecule has 0 amide bonds. The molecular weight excluding hydrogens is 455 g/mol. The quantitative estimate of drug-likeness (QED) is 0.524. The van der Waals surface area contributed by atoms with E-state index >= 15 is 0 Å². The highest BCUT2D eigenvalue weighted by atomic mass is 32.2. The Hall–Kier alpha value is -2.88. The van der Waals surface area contributed by atoms with Crippen LogP contribution in [0.2, 0.25) is 0 Å². The third-order valence-corrected chi connectivity index (χ3v) is 7.33. The molecule has 33 heavy (non-hydrogen) atoms. The van der Waals surface area contributed by atoms with Gasteiger partial charge in [-0.25, -0.2) is 8.42 Å². The van der Waals surface area contributed by atoms with Crippen molar-refractivity contribution >= 4 is 10.0 Å². The van der Waals surface area contributed by atoms with Crippen LogP contribution in [0, 0.1) is 0 Å². The van der Waals surface area contributed by atoms with Gasteiger partial charge in [-0.2, -0.15) is 4.31 Å². The van der Waals surface area contributed by atoms with Crippen LogP contribution in [0.25, 0.3) is 0 Å². The summed E-state index contributed by atoms with van der Waals surface area (Å²) in [6.07, 6.45) is -4.69. The number of ether oxygens (including phenoxy) is 2. The summed E-state index contributed by atoms with van der Waals surface area (Å²) in [6, 6.07) is 20.7. The Morgan fingerprint density at radius 2 is 1.55 bits per heavy atom. The monoisotopic (exact) mass is 477 g/mol. The number of hydrogen-bond donors (Lipinski definition) is 0. The largest absolute Gasteiger partial charge is 0.573 e. The molecule has 0 bridgehead atoms. The van der Waals surface area contributed by atoms with Crippen molar-refractivity contribution in [3.8, 4) is 5.75 Å². The first-order chi connectivity index (χ1) is 15.7. The summed E-state index contributed by atoms with van der Waals surface area (Å²) in [5.74, 6) is -0.764. The molecule has 0 unspecified atom stereocenters. The van der Waals surface area contributed by atoms with Gasteiger partial charge in [-0.1, -0.05) is 66.7 Å². The van der Waals surface area contributed by atoms with E-state index in [2.05, 4.69) is 4.74 Å². The molecule has 9 heteroatoms. The molecule has 1 aliphatic heterocycles. The minimum atomic E-state index is -5.03. The van der Waals surface area contributed by atoms with Crippen LogP contribution in [0.4, 0.5) is 13.2 Å². The maximum atomic E-state index is 13.8. The highest BCUT2D eigenvalue weighted by Crippen LogP contribution is 2.34. The molecule has 0 saturated carbocycles. The maximum absolute atomic E-state index is 13.8. The van der Waals surface area contributed by atoms with Crippen LogP contribution in [0.15, 0.2) is 83.8 Å². The number of benzene rings is 3. The van der Waals surface area contributed by atoms with Gasteiger partial charge in [0, 0.05) is 6.54 Å². The third kappa shape index (κ3) is 5.55. The van der Waals surface area contributed by atoms with E-state index in [1.54, 1.807) is 12.1 Å². The van der Waals surface area contributed by atoms with Gasteiger partial charge in [0.25, 0.3) is 0 Å². The van der Waals surface area contributed by atoms with Crippen molar-refractivity contribution in [2.75, 3.05) is 6.61 Å². The first-order valence-corrected chi connectivity index (χ1v) is 11.7. The van der Waals surface area contributed by atoms with Crippen LogP contribution in [-0.2, 0) is 34.3 Å². The van der Waals surface area contributed by atoms with Gasteiger partial charge >= 0.3 is 6.36 Å². The molecule has 0 aromatic heterocycles. The van der Waals surface area contributed by atoms with E-state index in [0.29, 0.717) is 13.0 Å². The Morgan fingerprint density at radius 1 is 0.909 bits per heavy atom. The van der Waals surface area contributed by atoms with Gasteiger partial charge in [0.1, 0.15) is 10.6 Å². The molecule has 174 valence electrons. The summed E-state index contributed by atoms with van der Waals surface area (Å²) in [5.41, 5.74) is 2.45. The fourth-order valence-electron chi connectivity index (χ4n) is 3.86. The number of halogens is 3. The molecule has 1 aliphatic rings. The second kappa shape index (κ2) is 9.54. The number of sulfonamides is 1. The van der Waals surface area contributed by atoms with Gasteiger partial charge in [0.15, 0.2) is 0 Å². The number of hydrogen-bond acceptors (Lipinski definition) is 4. The second-order valence-corrected chi connectivity index (χ2v) is 9.53. The molecule has 0 saturated heterocycles. The Kier molecular flexibility index (Phi) is 6.73. The van der Waals surface area contributed by atoms with Crippen LogP contribution in [0.1, 0.15) is 16.7 Å². The topological polar surface area (TPSA) is 55.8 Å². The lowest BCUT2D eigenvalue weighted by Gasteiger charge is -2.34. The maximum Gasteiger partial charge on any atom is 0.573 e. The van der Waals surface area contributed by atoms with E-state index < -0.39 is 33.1 Å². The Morgan fingerprint density at radius 3 is 2.27 bits per heavy atom. The molecule has 5 nitrogen and oxygen atoms in total. The molecule has 0 aliphatic carbocycles. The average Bonchev–Trinajstić information content (AvgIpc) is 2.76. The number of para-hydroxylation sites is 1. The zero-order valence-corrected chi connectivity index (χ0v) is 18.4. The summed E-state index contributed by atoms with van der Waals surface area (Å²) in [6.45, 7) is 0.410. The summed E-state index contributed by atoms with van der Waals surface area (Å²) < 4.78 is 77.6. The number of alkyl halides is 3. The van der Waals surface area contributed by atoms with Crippen molar-refractivity contribution in [1.82, 2.24) is 4.31 Å². The Bertz CT molecular complexity index is 1200. The van der Waals surface area contributed by atoms with Gasteiger partial charge < -0.3 is 9.47 Å². The van der Waals surface area contributed by atoms with Crippen LogP contribution >= 0.6 is 0 Å². The molecular formula is C24H22F3NO4S. The lowest BCUT2D eigenvalue weighted by Crippen LogP contribution is -2.45. The summed E-state index contributed by atoms with van der Waals surface area (Å²) in [4.78, 5) is -0.543. The summed E-state index contributed by atoms with van der Waals surface area (Å²) in [5, 5.41) is 0. The van der Waals surface area contributed by atoms with Gasteiger partial charge in [0.05, 0.1) is 19.3 Å². The Labute approximate surface area is 190 Å². The van der Waals surface area contributed by atoms with Crippen molar-refractivity contribution in [3.05, 3.63) is 95.6 Å². The fraction of sp³-hybridized carbons (Fsp3) is 0.250. The predicted octanol–water partition coefficient (Wildman–Crippen LogP) is 4.92. The smallest absolute Gasteiger partial charge is 0.404 e. The van der Waals surface area contributed by atoms with Crippen LogP contribution in [0.5, 0.6) is 5.75 Å². The number of nitrogens with zero attached hydrogens (tertiary/aromatic N) is 1. The normalized spacial score (nSPS) is 17.6. The molecule has 0 radical (unpaired) electrons. The molecule has 3 aromatic rings. The van der Waals surface area contributed by atoms with Crippen molar-refractivity contribution in [3.63, 3.8) is 0 Å². The highest BCUT2D eigenvalue weighted by molar-refractivity contribution is 7.89. The van der Waals surface area contributed by atoms with Crippen molar-refractivity contribution in [1.29, 1.82) is 0 Å². The lowest BCUT2D eigenvalue weighted by molar-refractivity contribution is -0.275. The zero-order valence-electron chi connectivity index (χ0n) is 17.5. The Balaban J connectivity index is 1.79. The zero-order chi connectivity index (χ0) is 23.5. The fourth-order valence-corrected chi connectivity index (χ4v) is 5.57. The van der Waals surface area contributed by atoms with E-state index in [1.807, 2.05) is 42.5 Å². The predicted molar refractivity (Wildman–Crippen MR) is 116 cm³/mol. The van der Waals surface area contributed by atoms with Crippen LogP contribution in [0.3, 0.4) is 0 Å². The van der Waals surface area contributed by atoms with E-state index in [0.717, 1.165) is 28.8 Å². The van der Waals surface area contributed by atoms with Gasteiger partial charge in [-0.05, 0) is 35.2 Å². The SMILES string of the molecule is O=S(=O)(c1ccccc1OC(F)(F)F)N1Cc2ccccc2COC[C@H]1Cc1ccccc1. The van der Waals surface area contributed by atoms with Gasteiger partial charge in [-0.3, -0.25) is 0 Å². The van der Waals surface area contributed by atoms with Crippen molar-refractivity contribution in [2.24, 2.45) is 0 Å². The average molecular weight is 478 g/mol. The first-order valence-electron chi connectivity index (χ1n) is 10.3. The number of fused-ring (bicyclic) bond motifs is 1.